The summed E-state index contributed by atoms with van der Waals surface area (Å²) in [4.78, 5) is 16.6. The number of oxazole rings is 1. The first-order valence-corrected chi connectivity index (χ1v) is 10.1. The predicted molar refractivity (Wildman–Crippen MR) is 108 cm³/mol. The second-order valence-electron chi connectivity index (χ2n) is 6.71. The predicted octanol–water partition coefficient (Wildman–Crippen LogP) is 4.17. The van der Waals surface area contributed by atoms with Crippen molar-refractivity contribution in [1.29, 1.82) is 0 Å². The number of carbonyl (C=O) groups excluding carboxylic acids is 1. The maximum Gasteiger partial charge on any atom is 0.341 e. The highest BCUT2D eigenvalue weighted by atomic mass is 32.2. The minimum atomic E-state index is -0.750. The third-order valence-corrected chi connectivity index (χ3v) is 4.73. The van der Waals surface area contributed by atoms with Crippen molar-refractivity contribution in [2.24, 2.45) is 5.92 Å². The number of nitrogens with zero attached hydrogens (tertiary/aromatic N) is 1. The fourth-order valence-electron chi connectivity index (χ4n) is 2.40. The highest BCUT2D eigenvalue weighted by molar-refractivity contribution is 7.99. The van der Waals surface area contributed by atoms with E-state index in [1.807, 2.05) is 38.1 Å². The smallest absolute Gasteiger partial charge is 0.341 e. The number of para-hydroxylation sites is 3. The van der Waals surface area contributed by atoms with Crippen molar-refractivity contribution in [1.82, 2.24) is 4.98 Å². The molecule has 1 unspecified atom stereocenters. The van der Waals surface area contributed by atoms with Crippen LogP contribution in [0.15, 0.2) is 58.2 Å². The van der Waals surface area contributed by atoms with Crippen LogP contribution in [0.4, 0.5) is 0 Å². The van der Waals surface area contributed by atoms with Crippen LogP contribution in [-0.4, -0.2) is 41.1 Å². The molecule has 1 heterocycles. The summed E-state index contributed by atoms with van der Waals surface area (Å²) in [6.07, 6.45) is -0.750. The molecule has 0 aliphatic rings. The zero-order chi connectivity index (χ0) is 19.9. The number of aliphatic hydroxyl groups excluding tert-OH is 1. The summed E-state index contributed by atoms with van der Waals surface area (Å²) < 4.78 is 16.5. The monoisotopic (exact) mass is 401 g/mol. The lowest BCUT2D eigenvalue weighted by molar-refractivity contribution is 0.0450. The lowest BCUT2D eigenvalue weighted by atomic mass is 10.2. The van der Waals surface area contributed by atoms with Gasteiger partial charge in [0.05, 0.1) is 12.7 Å². The molecule has 0 fully saturated rings. The summed E-state index contributed by atoms with van der Waals surface area (Å²) in [7, 11) is 0. The van der Waals surface area contributed by atoms with Gasteiger partial charge < -0.3 is 19.0 Å². The van der Waals surface area contributed by atoms with Gasteiger partial charge in [-0.15, -0.1) is 0 Å². The number of hydrogen-bond donors (Lipinski definition) is 1. The van der Waals surface area contributed by atoms with E-state index in [4.69, 9.17) is 13.9 Å². The molecular weight excluding hydrogens is 378 g/mol. The van der Waals surface area contributed by atoms with Gasteiger partial charge in [-0.2, -0.15) is 0 Å². The fourth-order valence-corrected chi connectivity index (χ4v) is 3.14. The first-order valence-electron chi connectivity index (χ1n) is 9.08. The quantitative estimate of drug-likeness (QED) is 0.426. The first kappa shape index (κ1) is 20.2. The molecule has 28 heavy (non-hydrogen) atoms. The van der Waals surface area contributed by atoms with Gasteiger partial charge in [-0.1, -0.05) is 49.9 Å². The molecule has 0 aliphatic carbocycles. The van der Waals surface area contributed by atoms with Crippen LogP contribution in [0.1, 0.15) is 24.2 Å². The largest absolute Gasteiger partial charge is 0.490 e. The molecule has 1 N–H and O–H groups in total. The summed E-state index contributed by atoms with van der Waals surface area (Å²) in [5, 5.41) is 10.7. The Morgan fingerprint density at radius 1 is 1.14 bits per heavy atom. The summed E-state index contributed by atoms with van der Waals surface area (Å²) >= 11 is 1.31. The van der Waals surface area contributed by atoms with Crippen molar-refractivity contribution in [3.63, 3.8) is 0 Å². The maximum absolute atomic E-state index is 12.2. The van der Waals surface area contributed by atoms with Crippen LogP contribution < -0.4 is 4.74 Å². The van der Waals surface area contributed by atoms with Crippen molar-refractivity contribution in [2.45, 2.75) is 25.2 Å². The third kappa shape index (κ3) is 5.50. The number of rotatable bonds is 9. The molecule has 3 aromatic rings. The molecule has 7 heteroatoms. The number of thioether (sulfide) groups is 1. The average Bonchev–Trinajstić information content (AvgIpc) is 3.12. The second kappa shape index (κ2) is 9.61. The van der Waals surface area contributed by atoms with Crippen LogP contribution in [-0.2, 0) is 4.74 Å². The lowest BCUT2D eigenvalue weighted by Crippen LogP contribution is -2.21. The molecular formula is C21H23NO5S. The average molecular weight is 401 g/mol. The Hall–Kier alpha value is -2.51. The summed E-state index contributed by atoms with van der Waals surface area (Å²) in [6, 6.07) is 14.4. The minimum absolute atomic E-state index is 0.0434. The molecule has 3 rings (SSSR count). The number of carbonyl (C=O) groups is 1. The van der Waals surface area contributed by atoms with Gasteiger partial charge in [-0.3, -0.25) is 0 Å². The number of ether oxygens (including phenoxy) is 2. The minimum Gasteiger partial charge on any atom is -0.490 e. The van der Waals surface area contributed by atoms with E-state index in [2.05, 4.69) is 4.98 Å². The molecule has 0 amide bonds. The summed E-state index contributed by atoms with van der Waals surface area (Å²) in [5.74, 6) is 0.566. The Balaban J connectivity index is 1.52. The van der Waals surface area contributed by atoms with E-state index in [1.165, 1.54) is 11.8 Å². The zero-order valence-electron chi connectivity index (χ0n) is 15.8. The van der Waals surface area contributed by atoms with E-state index >= 15 is 0 Å². The van der Waals surface area contributed by atoms with E-state index in [0.717, 1.165) is 5.52 Å². The van der Waals surface area contributed by atoms with E-state index < -0.39 is 12.1 Å². The third-order valence-electron chi connectivity index (χ3n) is 3.76. The molecule has 1 aromatic heterocycles. The number of benzene rings is 2. The van der Waals surface area contributed by atoms with Crippen molar-refractivity contribution < 1.29 is 23.8 Å². The van der Waals surface area contributed by atoms with E-state index in [0.29, 0.717) is 34.5 Å². The highest BCUT2D eigenvalue weighted by Gasteiger charge is 2.16. The molecule has 2 aromatic carbocycles. The molecule has 1 atom stereocenters. The van der Waals surface area contributed by atoms with Gasteiger partial charge in [-0.25, -0.2) is 9.78 Å². The molecule has 0 spiro atoms. The second-order valence-corrected chi connectivity index (χ2v) is 7.68. The van der Waals surface area contributed by atoms with Crippen molar-refractivity contribution in [2.75, 3.05) is 19.0 Å². The van der Waals surface area contributed by atoms with Gasteiger partial charge >= 0.3 is 5.97 Å². The van der Waals surface area contributed by atoms with Gasteiger partial charge in [0, 0.05) is 5.75 Å². The lowest BCUT2D eigenvalue weighted by Gasteiger charge is -2.14. The van der Waals surface area contributed by atoms with E-state index in [-0.39, 0.29) is 12.5 Å². The van der Waals surface area contributed by atoms with E-state index in [9.17, 15) is 9.90 Å². The summed E-state index contributed by atoms with van der Waals surface area (Å²) in [6.45, 7) is 4.33. The number of hydrogen-bond acceptors (Lipinski definition) is 7. The number of aliphatic hydroxyl groups is 1. The normalized spacial score (nSPS) is 12.3. The molecule has 0 aliphatic heterocycles. The van der Waals surface area contributed by atoms with Crippen molar-refractivity contribution in [3.8, 4) is 5.75 Å². The number of aromatic nitrogens is 1. The van der Waals surface area contributed by atoms with Crippen LogP contribution in [0.2, 0.25) is 0 Å². The van der Waals surface area contributed by atoms with Crippen molar-refractivity contribution >= 4 is 28.8 Å². The van der Waals surface area contributed by atoms with Crippen LogP contribution >= 0.6 is 11.8 Å². The molecule has 0 bridgehead atoms. The van der Waals surface area contributed by atoms with E-state index in [1.54, 1.807) is 24.3 Å². The fraction of sp³-hybridized carbons (Fsp3) is 0.333. The number of esters is 1. The highest BCUT2D eigenvalue weighted by Crippen LogP contribution is 2.24. The Morgan fingerprint density at radius 2 is 1.89 bits per heavy atom. The Morgan fingerprint density at radius 3 is 2.68 bits per heavy atom. The Bertz CT molecular complexity index is 891. The van der Waals surface area contributed by atoms with Crippen molar-refractivity contribution in [3.05, 3.63) is 54.1 Å². The summed E-state index contributed by atoms with van der Waals surface area (Å²) in [5.41, 5.74) is 1.84. The molecule has 0 saturated heterocycles. The number of fused-ring (bicyclic) bond motifs is 1. The topological polar surface area (TPSA) is 81.8 Å². The van der Waals surface area contributed by atoms with Gasteiger partial charge in [0.15, 0.2) is 5.58 Å². The Labute approximate surface area is 167 Å². The zero-order valence-corrected chi connectivity index (χ0v) is 16.6. The molecule has 6 nitrogen and oxygen atoms in total. The molecule has 0 saturated carbocycles. The maximum atomic E-state index is 12.2. The van der Waals surface area contributed by atoms with Gasteiger partial charge in [0.2, 0.25) is 0 Å². The van der Waals surface area contributed by atoms with Crippen LogP contribution in [0.25, 0.3) is 11.1 Å². The van der Waals surface area contributed by atoms with Crippen LogP contribution in [0.5, 0.6) is 5.75 Å². The van der Waals surface area contributed by atoms with Crippen LogP contribution in [0.3, 0.4) is 0 Å². The Kier molecular flexibility index (Phi) is 6.95. The van der Waals surface area contributed by atoms with Gasteiger partial charge in [0.25, 0.3) is 5.22 Å². The molecule has 148 valence electrons. The van der Waals surface area contributed by atoms with Crippen LogP contribution in [0, 0.1) is 5.92 Å². The molecule has 0 radical (unpaired) electrons. The van der Waals surface area contributed by atoms with Gasteiger partial charge in [-0.05, 0) is 30.2 Å². The van der Waals surface area contributed by atoms with Gasteiger partial charge in [0.1, 0.15) is 23.4 Å². The standard InChI is InChI=1S/C21H23NO5S/c1-14(2)11-26-20(24)16-7-3-5-9-18(16)25-12-15(23)13-28-21-22-17-8-4-6-10-19(17)27-21/h3-10,14-15,23H,11-13H2,1-2H3. The SMILES string of the molecule is CC(C)COC(=O)c1ccccc1OCC(O)CSc1nc2ccccc2o1. The first-order chi connectivity index (χ1) is 13.5.